The van der Waals surface area contributed by atoms with E-state index < -0.39 is 23.9 Å². The van der Waals surface area contributed by atoms with E-state index in [9.17, 15) is 8.77 Å². The van der Waals surface area contributed by atoms with Crippen LogP contribution in [0.5, 0.6) is 0 Å². The quantitative estimate of drug-likeness (QED) is 0.454. The van der Waals surface area contributed by atoms with Gasteiger partial charge in [-0.1, -0.05) is 48.0 Å². The van der Waals surface area contributed by atoms with Crippen LogP contribution in [-0.2, 0) is 24.6 Å². The van der Waals surface area contributed by atoms with Crippen LogP contribution in [0.4, 0.5) is 0 Å². The summed E-state index contributed by atoms with van der Waals surface area (Å²) in [4.78, 5) is 0.671. The first-order chi connectivity index (χ1) is 12.9. The van der Waals surface area contributed by atoms with Crippen LogP contribution in [0.2, 0.25) is 0 Å². The third-order valence-corrected chi connectivity index (χ3v) is 9.32. The molecule has 0 saturated carbocycles. The first-order valence-electron chi connectivity index (χ1n) is 9.11. The molecule has 1 heterocycles. The van der Waals surface area contributed by atoms with Crippen LogP contribution < -0.4 is 0 Å². The predicted octanol–water partition coefficient (Wildman–Crippen LogP) is 5.06. The van der Waals surface area contributed by atoms with Gasteiger partial charge in [-0.3, -0.25) is 4.57 Å². The summed E-state index contributed by atoms with van der Waals surface area (Å²) >= 11 is 0. The van der Waals surface area contributed by atoms with Crippen molar-refractivity contribution in [3.63, 3.8) is 0 Å². The minimum absolute atomic E-state index is 0.263. The van der Waals surface area contributed by atoms with Crippen molar-refractivity contribution < 1.29 is 17.8 Å². The Morgan fingerprint density at radius 3 is 2.11 bits per heavy atom. The van der Waals surface area contributed by atoms with Crippen LogP contribution in [0.1, 0.15) is 37.9 Å². The highest BCUT2D eigenvalue weighted by Crippen LogP contribution is 2.77. The third-order valence-electron chi connectivity index (χ3n) is 4.80. The van der Waals surface area contributed by atoms with E-state index in [2.05, 4.69) is 0 Å². The summed E-state index contributed by atoms with van der Waals surface area (Å²) in [7, 11) is -5.01. The van der Waals surface area contributed by atoms with Gasteiger partial charge in [0.15, 0.2) is 5.28 Å². The Hall–Kier alpha value is -1.30. The van der Waals surface area contributed by atoms with Crippen LogP contribution in [0.3, 0.4) is 0 Å². The zero-order valence-electron chi connectivity index (χ0n) is 16.1. The van der Waals surface area contributed by atoms with Gasteiger partial charge in [-0.15, -0.1) is 0 Å². The van der Waals surface area contributed by atoms with Crippen molar-refractivity contribution in [1.82, 2.24) is 4.31 Å². The van der Waals surface area contributed by atoms with Gasteiger partial charge in [0.05, 0.1) is 24.2 Å². The van der Waals surface area contributed by atoms with E-state index in [0.29, 0.717) is 4.90 Å². The van der Waals surface area contributed by atoms with E-state index in [1.807, 2.05) is 68.4 Å². The summed E-state index contributed by atoms with van der Waals surface area (Å²) < 4.78 is 40.1. The standard InChI is InChI=1S/C20H26NO4PS/c1-5-24-26(22,25-6-2)20(4)19(17-10-8-7-9-11-17)21(20)27(23)18-14-12-16(3)13-15-18/h7-15,19H,5-6H2,1-4H3/t19-,20-,21?,27?/m1/s1. The smallest absolute Gasteiger partial charge is 0.308 e. The van der Waals surface area contributed by atoms with Crippen molar-refractivity contribution in [2.75, 3.05) is 13.2 Å². The lowest BCUT2D eigenvalue weighted by Gasteiger charge is -2.24. The highest BCUT2D eigenvalue weighted by molar-refractivity contribution is 7.83. The first-order valence-corrected chi connectivity index (χ1v) is 11.8. The second kappa shape index (κ2) is 7.98. The van der Waals surface area contributed by atoms with Gasteiger partial charge in [0, 0.05) is 0 Å². The molecule has 0 radical (unpaired) electrons. The maximum atomic E-state index is 13.7. The molecule has 0 aliphatic carbocycles. The van der Waals surface area contributed by atoms with Crippen LogP contribution >= 0.6 is 7.60 Å². The molecule has 1 fully saturated rings. The molecule has 0 aromatic heterocycles. The zero-order valence-corrected chi connectivity index (χ0v) is 17.8. The summed E-state index contributed by atoms with van der Waals surface area (Å²) in [6.45, 7) is 7.91. The van der Waals surface area contributed by atoms with Crippen molar-refractivity contribution in [2.45, 2.75) is 43.9 Å². The minimum atomic E-state index is -3.52. The Morgan fingerprint density at radius 2 is 1.59 bits per heavy atom. The number of nitrogens with zero attached hydrogens (tertiary/aromatic N) is 1. The molecule has 0 bridgehead atoms. The van der Waals surface area contributed by atoms with Crippen LogP contribution in [-0.4, -0.2) is 27.0 Å². The summed E-state index contributed by atoms with van der Waals surface area (Å²) in [6.07, 6.45) is 0. The van der Waals surface area contributed by atoms with Gasteiger partial charge < -0.3 is 9.05 Å². The van der Waals surface area contributed by atoms with Gasteiger partial charge in [0.1, 0.15) is 11.0 Å². The molecule has 3 rings (SSSR count). The highest BCUT2D eigenvalue weighted by Gasteiger charge is 2.74. The number of hydrogen-bond donors (Lipinski definition) is 0. The Kier molecular flexibility index (Phi) is 6.04. The molecule has 146 valence electrons. The molecule has 2 aromatic rings. The lowest BCUT2D eigenvalue weighted by molar-refractivity contribution is 0.207. The molecule has 0 N–H and O–H groups in total. The largest absolute Gasteiger partial charge is 0.353 e. The average Bonchev–Trinajstić information content (AvgIpc) is 3.31. The van der Waals surface area contributed by atoms with Gasteiger partial charge in [0.2, 0.25) is 0 Å². The number of benzene rings is 2. The molecular formula is C20H26NO4PS. The molecule has 27 heavy (non-hydrogen) atoms. The van der Waals surface area contributed by atoms with E-state index in [0.717, 1.165) is 11.1 Å². The fourth-order valence-corrected chi connectivity index (χ4v) is 7.62. The Labute approximate surface area is 163 Å². The Morgan fingerprint density at radius 1 is 1.04 bits per heavy atom. The van der Waals surface area contributed by atoms with Gasteiger partial charge >= 0.3 is 7.60 Å². The molecule has 2 aromatic carbocycles. The van der Waals surface area contributed by atoms with E-state index in [1.165, 1.54) is 0 Å². The van der Waals surface area contributed by atoms with Crippen LogP contribution in [0.25, 0.3) is 0 Å². The molecule has 5 nitrogen and oxygen atoms in total. The van der Waals surface area contributed by atoms with E-state index in [1.54, 1.807) is 18.2 Å². The third kappa shape index (κ3) is 3.57. The Bertz CT molecular complexity index is 848. The summed E-state index contributed by atoms with van der Waals surface area (Å²) in [5.74, 6) is 0. The van der Waals surface area contributed by atoms with E-state index in [4.69, 9.17) is 9.05 Å². The summed E-state index contributed by atoms with van der Waals surface area (Å²) in [6, 6.07) is 16.9. The first kappa shape index (κ1) is 20.4. The van der Waals surface area contributed by atoms with Crippen LogP contribution in [0.15, 0.2) is 59.5 Å². The molecular weight excluding hydrogens is 381 g/mol. The van der Waals surface area contributed by atoms with E-state index >= 15 is 0 Å². The Balaban J connectivity index is 2.05. The molecule has 2 unspecified atom stereocenters. The van der Waals surface area contributed by atoms with Crippen molar-refractivity contribution >= 4 is 18.6 Å². The molecule has 1 aliphatic rings. The fourth-order valence-electron chi connectivity index (χ4n) is 3.38. The summed E-state index contributed by atoms with van der Waals surface area (Å²) in [5.41, 5.74) is 2.04. The van der Waals surface area contributed by atoms with Gasteiger partial charge in [-0.25, -0.2) is 4.21 Å². The zero-order chi connectivity index (χ0) is 19.7. The van der Waals surface area contributed by atoms with Gasteiger partial charge in [-0.05, 0) is 45.4 Å². The second-order valence-corrected chi connectivity index (χ2v) is 10.4. The lowest BCUT2D eigenvalue weighted by Crippen LogP contribution is -2.20. The average molecular weight is 407 g/mol. The molecule has 1 aliphatic heterocycles. The van der Waals surface area contributed by atoms with E-state index in [-0.39, 0.29) is 19.3 Å². The second-order valence-electron chi connectivity index (χ2n) is 6.63. The number of hydrogen-bond acceptors (Lipinski definition) is 4. The van der Waals surface area contributed by atoms with Crippen molar-refractivity contribution in [3.05, 3.63) is 65.7 Å². The predicted molar refractivity (Wildman–Crippen MR) is 108 cm³/mol. The maximum absolute atomic E-state index is 13.7. The topological polar surface area (TPSA) is 55.6 Å². The molecule has 1 saturated heterocycles. The highest BCUT2D eigenvalue weighted by atomic mass is 32.2. The normalized spacial score (nSPS) is 25.9. The molecule has 0 amide bonds. The summed E-state index contributed by atoms with van der Waals surface area (Å²) in [5, 5.41) is -0.990. The van der Waals surface area contributed by atoms with Crippen molar-refractivity contribution in [2.24, 2.45) is 0 Å². The van der Waals surface area contributed by atoms with Crippen molar-refractivity contribution in [3.8, 4) is 0 Å². The maximum Gasteiger partial charge on any atom is 0.353 e. The number of aryl methyl sites for hydroxylation is 1. The van der Waals surface area contributed by atoms with Crippen molar-refractivity contribution in [1.29, 1.82) is 0 Å². The SMILES string of the molecule is CCOP(=O)(OCC)[C@]1(C)[C@@H](c2ccccc2)N1S(=O)c1ccc(C)cc1. The van der Waals surface area contributed by atoms with Crippen LogP contribution in [0, 0.1) is 6.92 Å². The molecule has 7 heteroatoms. The monoisotopic (exact) mass is 407 g/mol. The molecule has 4 atom stereocenters. The fraction of sp³-hybridized carbons (Fsp3) is 0.400. The van der Waals surface area contributed by atoms with Gasteiger partial charge in [-0.2, -0.15) is 4.31 Å². The lowest BCUT2D eigenvalue weighted by atomic mass is 10.1. The molecule has 0 spiro atoms. The van der Waals surface area contributed by atoms with Gasteiger partial charge in [0.25, 0.3) is 0 Å². The minimum Gasteiger partial charge on any atom is -0.308 e. The number of rotatable bonds is 8.